The van der Waals surface area contributed by atoms with Crippen molar-refractivity contribution in [1.82, 2.24) is 14.7 Å². The molecule has 0 unspecified atom stereocenters. The summed E-state index contributed by atoms with van der Waals surface area (Å²) in [6.07, 6.45) is 1.57. The Morgan fingerprint density at radius 2 is 2.24 bits per heavy atom. The minimum atomic E-state index is -0.298. The first-order chi connectivity index (χ1) is 7.97. The Morgan fingerprint density at radius 3 is 2.76 bits per heavy atom. The summed E-state index contributed by atoms with van der Waals surface area (Å²) in [6.45, 7) is 7.09. The van der Waals surface area contributed by atoms with Gasteiger partial charge in [0.15, 0.2) is 0 Å². The maximum atomic E-state index is 11.7. The number of ether oxygens (including phenoxy) is 1. The van der Waals surface area contributed by atoms with Crippen LogP contribution in [0.25, 0.3) is 0 Å². The van der Waals surface area contributed by atoms with Gasteiger partial charge >= 0.3 is 5.97 Å². The van der Waals surface area contributed by atoms with Crippen LogP contribution in [0.5, 0.6) is 0 Å². The van der Waals surface area contributed by atoms with E-state index in [0.717, 1.165) is 5.69 Å². The predicted molar refractivity (Wildman–Crippen MR) is 65.8 cm³/mol. The Hall–Kier alpha value is -1.36. The third kappa shape index (κ3) is 3.30. The van der Waals surface area contributed by atoms with Crippen LogP contribution < -0.4 is 0 Å². The first-order valence-corrected chi connectivity index (χ1v) is 5.85. The number of aryl methyl sites for hydroxylation is 1. The fourth-order valence-electron chi connectivity index (χ4n) is 1.45. The number of hydrogen-bond acceptors (Lipinski definition) is 4. The topological polar surface area (TPSA) is 47.4 Å². The molecule has 5 heteroatoms. The number of carbonyl (C=O) groups is 1. The van der Waals surface area contributed by atoms with Gasteiger partial charge in [0.2, 0.25) is 0 Å². The second kappa shape index (κ2) is 5.82. The highest BCUT2D eigenvalue weighted by atomic mass is 16.5. The average molecular weight is 239 g/mol. The molecule has 0 aliphatic rings. The van der Waals surface area contributed by atoms with E-state index < -0.39 is 0 Å². The molecule has 1 rings (SSSR count). The van der Waals surface area contributed by atoms with E-state index in [2.05, 4.69) is 23.8 Å². The van der Waals surface area contributed by atoms with Crippen molar-refractivity contribution in [3.05, 3.63) is 17.5 Å². The van der Waals surface area contributed by atoms with Gasteiger partial charge in [0.05, 0.1) is 18.5 Å². The van der Waals surface area contributed by atoms with Crippen molar-refractivity contribution in [3.63, 3.8) is 0 Å². The lowest BCUT2D eigenvalue weighted by atomic mass is 10.2. The zero-order valence-electron chi connectivity index (χ0n) is 11.2. The Kier molecular flexibility index (Phi) is 4.69. The molecule has 0 saturated carbocycles. The molecule has 0 N–H and O–H groups in total. The zero-order valence-corrected chi connectivity index (χ0v) is 11.2. The second-order valence-electron chi connectivity index (χ2n) is 4.36. The number of esters is 1. The van der Waals surface area contributed by atoms with Gasteiger partial charge in [0.25, 0.3) is 0 Å². The van der Waals surface area contributed by atoms with Crippen LogP contribution in [0, 0.1) is 0 Å². The standard InChI is InChI=1S/C12H21N3O2/c1-6-17-12(16)10-7-13-15(5)11(10)8-14(4)9(2)3/h7,9H,6,8H2,1-5H3. The zero-order chi connectivity index (χ0) is 13.0. The Balaban J connectivity index is 2.90. The molecule has 17 heavy (non-hydrogen) atoms. The summed E-state index contributed by atoms with van der Waals surface area (Å²) in [6, 6.07) is 0.417. The van der Waals surface area contributed by atoms with Gasteiger partial charge < -0.3 is 4.74 Å². The van der Waals surface area contributed by atoms with Crippen molar-refractivity contribution >= 4 is 5.97 Å². The van der Waals surface area contributed by atoms with Crippen LogP contribution in [0.1, 0.15) is 36.8 Å². The van der Waals surface area contributed by atoms with Crippen LogP contribution in [0.15, 0.2) is 6.20 Å². The first kappa shape index (κ1) is 13.7. The van der Waals surface area contributed by atoms with E-state index in [1.807, 2.05) is 14.1 Å². The van der Waals surface area contributed by atoms with Gasteiger partial charge in [-0.3, -0.25) is 9.58 Å². The lowest BCUT2D eigenvalue weighted by molar-refractivity contribution is 0.0523. The molecule has 0 aliphatic heterocycles. The average Bonchev–Trinajstić information content (AvgIpc) is 2.61. The smallest absolute Gasteiger partial charge is 0.341 e. The lowest BCUT2D eigenvalue weighted by Gasteiger charge is -2.21. The molecule has 1 aromatic heterocycles. The molecular weight excluding hydrogens is 218 g/mol. The summed E-state index contributed by atoms with van der Waals surface area (Å²) in [4.78, 5) is 13.9. The van der Waals surface area contributed by atoms with Gasteiger partial charge in [-0.15, -0.1) is 0 Å². The van der Waals surface area contributed by atoms with E-state index in [-0.39, 0.29) is 5.97 Å². The molecular formula is C12H21N3O2. The number of hydrogen-bond donors (Lipinski definition) is 0. The van der Waals surface area contributed by atoms with Crippen molar-refractivity contribution in [3.8, 4) is 0 Å². The van der Waals surface area contributed by atoms with Crippen molar-refractivity contribution in [2.45, 2.75) is 33.4 Å². The summed E-state index contributed by atoms with van der Waals surface area (Å²) < 4.78 is 6.74. The van der Waals surface area contributed by atoms with Crippen LogP contribution in [0.4, 0.5) is 0 Å². The van der Waals surface area contributed by atoms with Gasteiger partial charge in [-0.25, -0.2) is 4.79 Å². The summed E-state index contributed by atoms with van der Waals surface area (Å²) in [5.41, 5.74) is 1.45. The monoisotopic (exact) mass is 239 g/mol. The summed E-state index contributed by atoms with van der Waals surface area (Å²) in [5.74, 6) is -0.298. The van der Waals surface area contributed by atoms with Crippen molar-refractivity contribution in [2.75, 3.05) is 13.7 Å². The van der Waals surface area contributed by atoms with Gasteiger partial charge in [-0.1, -0.05) is 0 Å². The number of carbonyl (C=O) groups excluding carboxylic acids is 1. The van der Waals surface area contributed by atoms with Crippen LogP contribution in [0.3, 0.4) is 0 Å². The minimum absolute atomic E-state index is 0.298. The SMILES string of the molecule is CCOC(=O)c1cnn(C)c1CN(C)C(C)C. The molecule has 96 valence electrons. The fourth-order valence-corrected chi connectivity index (χ4v) is 1.45. The van der Waals surface area contributed by atoms with Crippen molar-refractivity contribution in [2.24, 2.45) is 7.05 Å². The van der Waals surface area contributed by atoms with Crippen molar-refractivity contribution < 1.29 is 9.53 Å². The maximum absolute atomic E-state index is 11.7. The van der Waals surface area contributed by atoms with E-state index in [9.17, 15) is 4.79 Å². The van der Waals surface area contributed by atoms with E-state index in [0.29, 0.717) is 24.8 Å². The minimum Gasteiger partial charge on any atom is -0.462 e. The van der Waals surface area contributed by atoms with Crippen molar-refractivity contribution in [1.29, 1.82) is 0 Å². The van der Waals surface area contributed by atoms with Gasteiger partial charge in [0.1, 0.15) is 5.56 Å². The molecule has 0 fully saturated rings. The molecule has 0 bridgehead atoms. The number of aromatic nitrogens is 2. The predicted octanol–water partition coefficient (Wildman–Crippen LogP) is 1.44. The lowest BCUT2D eigenvalue weighted by Crippen LogP contribution is -2.27. The highest BCUT2D eigenvalue weighted by molar-refractivity contribution is 5.90. The second-order valence-corrected chi connectivity index (χ2v) is 4.36. The highest BCUT2D eigenvalue weighted by Crippen LogP contribution is 2.12. The van der Waals surface area contributed by atoms with Gasteiger partial charge in [-0.05, 0) is 27.8 Å². The number of rotatable bonds is 5. The highest BCUT2D eigenvalue weighted by Gasteiger charge is 2.18. The molecule has 1 aromatic rings. The van der Waals surface area contributed by atoms with Gasteiger partial charge in [0, 0.05) is 19.6 Å². The molecule has 0 spiro atoms. The van der Waals surface area contributed by atoms with Crippen LogP contribution >= 0.6 is 0 Å². The Labute approximate surface area is 102 Å². The summed E-state index contributed by atoms with van der Waals surface area (Å²) >= 11 is 0. The molecule has 0 aromatic carbocycles. The molecule has 0 atom stereocenters. The molecule has 5 nitrogen and oxygen atoms in total. The molecule has 1 heterocycles. The Morgan fingerprint density at radius 1 is 1.59 bits per heavy atom. The normalized spacial score (nSPS) is 11.2. The number of nitrogens with zero attached hydrogens (tertiary/aromatic N) is 3. The first-order valence-electron chi connectivity index (χ1n) is 5.85. The molecule has 0 amide bonds. The van der Waals surface area contributed by atoms with E-state index in [1.165, 1.54) is 0 Å². The maximum Gasteiger partial charge on any atom is 0.341 e. The molecule has 0 saturated heterocycles. The van der Waals surface area contributed by atoms with Crippen LogP contribution in [-0.2, 0) is 18.3 Å². The quantitative estimate of drug-likeness (QED) is 0.729. The summed E-state index contributed by atoms with van der Waals surface area (Å²) in [7, 11) is 3.86. The third-order valence-electron chi connectivity index (χ3n) is 2.84. The third-order valence-corrected chi connectivity index (χ3v) is 2.84. The van der Waals surface area contributed by atoms with E-state index >= 15 is 0 Å². The van der Waals surface area contributed by atoms with Gasteiger partial charge in [-0.2, -0.15) is 5.10 Å². The molecule has 0 radical (unpaired) electrons. The van der Waals surface area contributed by atoms with Crippen LogP contribution in [-0.4, -0.2) is 40.3 Å². The fraction of sp³-hybridized carbons (Fsp3) is 0.667. The largest absolute Gasteiger partial charge is 0.462 e. The van der Waals surface area contributed by atoms with E-state index in [1.54, 1.807) is 17.8 Å². The van der Waals surface area contributed by atoms with Crippen LogP contribution in [0.2, 0.25) is 0 Å². The summed E-state index contributed by atoms with van der Waals surface area (Å²) in [5, 5.41) is 4.12. The molecule has 0 aliphatic carbocycles. The Bertz CT molecular complexity index is 385. The van der Waals surface area contributed by atoms with E-state index in [4.69, 9.17) is 4.74 Å².